The number of anilines is 2. The van der Waals surface area contributed by atoms with Crippen LogP contribution in [-0.4, -0.2) is 28.1 Å². The standard InChI is InChI=1S/C27H28ClN5OS/c1-17-14-18(15-19-16-29-27(32-25(17)19)30-20-8-4-3-5-9-20)21-12-13-24(31-26(21)34-2)33-35-23-11-7-6-10-22(23)28/h6-7,10-16,20H,3-5,8-9H2,1-2H3,(H,31,33)(H,29,30,32). The summed E-state index contributed by atoms with van der Waals surface area (Å²) in [6.07, 6.45) is 8.16. The number of hydrogen-bond donors (Lipinski definition) is 2. The largest absolute Gasteiger partial charge is 0.480 e. The van der Waals surface area contributed by atoms with Gasteiger partial charge in [-0.1, -0.05) is 43.0 Å². The molecule has 0 amide bonds. The topological polar surface area (TPSA) is 72.0 Å². The normalized spacial score (nSPS) is 14.1. The molecule has 1 aliphatic carbocycles. The smallest absolute Gasteiger partial charge is 0.223 e. The fourth-order valence-corrected chi connectivity index (χ4v) is 5.38. The average Bonchev–Trinajstić information content (AvgIpc) is 2.89. The minimum atomic E-state index is 0.472. The Hall–Kier alpha value is -3.03. The van der Waals surface area contributed by atoms with Crippen LogP contribution in [-0.2, 0) is 0 Å². The lowest BCUT2D eigenvalue weighted by molar-refractivity contribution is 0.400. The fraction of sp³-hybridized carbons (Fsp3) is 0.296. The number of hydrogen-bond acceptors (Lipinski definition) is 7. The summed E-state index contributed by atoms with van der Waals surface area (Å²) in [6.45, 7) is 2.08. The Kier molecular flexibility index (Phi) is 7.25. The highest BCUT2D eigenvalue weighted by atomic mass is 35.5. The molecule has 8 heteroatoms. The molecule has 2 aromatic heterocycles. The Balaban J connectivity index is 1.38. The summed E-state index contributed by atoms with van der Waals surface area (Å²) in [5.41, 5.74) is 3.98. The zero-order valence-electron chi connectivity index (χ0n) is 19.8. The van der Waals surface area contributed by atoms with Crippen molar-refractivity contribution in [3.8, 4) is 17.0 Å². The quantitative estimate of drug-likeness (QED) is 0.251. The zero-order chi connectivity index (χ0) is 24.2. The van der Waals surface area contributed by atoms with Crippen LogP contribution >= 0.6 is 23.5 Å². The van der Waals surface area contributed by atoms with Gasteiger partial charge >= 0.3 is 0 Å². The number of ether oxygens (including phenoxy) is 1. The van der Waals surface area contributed by atoms with Crippen LogP contribution in [0.25, 0.3) is 22.0 Å². The first-order valence-corrected chi connectivity index (χ1v) is 13.1. The molecule has 0 aliphatic heterocycles. The third-order valence-corrected chi connectivity index (χ3v) is 7.61. The molecule has 35 heavy (non-hydrogen) atoms. The van der Waals surface area contributed by atoms with E-state index in [-0.39, 0.29) is 0 Å². The van der Waals surface area contributed by atoms with E-state index in [4.69, 9.17) is 21.3 Å². The van der Waals surface area contributed by atoms with Crippen LogP contribution in [0, 0.1) is 6.92 Å². The van der Waals surface area contributed by atoms with Gasteiger partial charge in [0.05, 0.1) is 17.6 Å². The highest BCUT2D eigenvalue weighted by Gasteiger charge is 2.16. The van der Waals surface area contributed by atoms with E-state index in [0.29, 0.717) is 28.7 Å². The van der Waals surface area contributed by atoms with Crippen molar-refractivity contribution in [2.24, 2.45) is 0 Å². The van der Waals surface area contributed by atoms with Crippen molar-refractivity contribution in [3.05, 3.63) is 65.3 Å². The second-order valence-corrected chi connectivity index (χ2v) is 10.0. The summed E-state index contributed by atoms with van der Waals surface area (Å²) >= 11 is 7.67. The minimum absolute atomic E-state index is 0.472. The number of methoxy groups -OCH3 is 1. The Bertz CT molecular complexity index is 1340. The number of rotatable bonds is 7. The fourth-order valence-electron chi connectivity index (χ4n) is 4.49. The molecule has 6 nitrogen and oxygen atoms in total. The molecule has 1 saturated carbocycles. The molecule has 1 fully saturated rings. The van der Waals surface area contributed by atoms with Gasteiger partial charge in [0.15, 0.2) is 0 Å². The Morgan fingerprint density at radius 1 is 1.03 bits per heavy atom. The van der Waals surface area contributed by atoms with E-state index in [1.807, 2.05) is 42.6 Å². The summed E-state index contributed by atoms with van der Waals surface area (Å²) in [5.74, 6) is 1.95. The van der Waals surface area contributed by atoms with Crippen LogP contribution < -0.4 is 14.8 Å². The number of nitrogens with one attached hydrogen (secondary N) is 2. The molecule has 4 aromatic rings. The molecular formula is C27H28ClN5OS. The molecule has 1 aliphatic rings. The molecule has 180 valence electrons. The van der Waals surface area contributed by atoms with E-state index in [9.17, 15) is 0 Å². The van der Waals surface area contributed by atoms with E-state index in [1.165, 1.54) is 44.1 Å². The van der Waals surface area contributed by atoms with Gasteiger partial charge in [0.1, 0.15) is 5.82 Å². The molecule has 0 spiro atoms. The molecule has 5 rings (SSSR count). The van der Waals surface area contributed by atoms with Crippen LogP contribution in [0.3, 0.4) is 0 Å². The second-order valence-electron chi connectivity index (χ2n) is 8.79. The first-order chi connectivity index (χ1) is 17.1. The lowest BCUT2D eigenvalue weighted by Crippen LogP contribution is -2.23. The van der Waals surface area contributed by atoms with E-state index in [2.05, 4.69) is 39.1 Å². The summed E-state index contributed by atoms with van der Waals surface area (Å²) in [7, 11) is 1.64. The van der Waals surface area contributed by atoms with Crippen molar-refractivity contribution < 1.29 is 4.74 Å². The monoisotopic (exact) mass is 505 g/mol. The van der Waals surface area contributed by atoms with Crippen LogP contribution in [0.2, 0.25) is 5.02 Å². The SMILES string of the molecule is COc1nc(NSc2ccccc2Cl)ccc1-c1cc(C)c2nc(NC3CCCCC3)ncc2c1. The molecule has 0 saturated heterocycles. The van der Waals surface area contributed by atoms with Gasteiger partial charge in [-0.15, -0.1) is 0 Å². The van der Waals surface area contributed by atoms with Gasteiger partial charge in [0.2, 0.25) is 11.8 Å². The molecule has 2 heterocycles. The molecule has 0 atom stereocenters. The predicted octanol–water partition coefficient (Wildman–Crippen LogP) is 7.53. The van der Waals surface area contributed by atoms with Gasteiger partial charge in [-0.05, 0) is 79.2 Å². The van der Waals surface area contributed by atoms with Gasteiger partial charge in [-0.25, -0.2) is 9.97 Å². The predicted molar refractivity (Wildman–Crippen MR) is 145 cm³/mol. The Labute approximate surface area is 215 Å². The van der Waals surface area contributed by atoms with Crippen molar-refractivity contribution in [3.63, 3.8) is 0 Å². The first-order valence-electron chi connectivity index (χ1n) is 11.9. The van der Waals surface area contributed by atoms with Crippen molar-refractivity contribution >= 4 is 46.2 Å². The highest BCUT2D eigenvalue weighted by molar-refractivity contribution is 8.00. The number of fused-ring (bicyclic) bond motifs is 1. The Morgan fingerprint density at radius 3 is 2.66 bits per heavy atom. The summed E-state index contributed by atoms with van der Waals surface area (Å²) in [6, 6.07) is 16.3. The maximum Gasteiger partial charge on any atom is 0.223 e. The molecule has 0 radical (unpaired) electrons. The van der Waals surface area contributed by atoms with Crippen molar-refractivity contribution in [2.45, 2.75) is 50.0 Å². The van der Waals surface area contributed by atoms with Gasteiger partial charge < -0.3 is 14.8 Å². The van der Waals surface area contributed by atoms with Gasteiger partial charge in [-0.3, -0.25) is 0 Å². The molecule has 2 aromatic carbocycles. The summed E-state index contributed by atoms with van der Waals surface area (Å²) in [4.78, 5) is 15.0. The van der Waals surface area contributed by atoms with E-state index in [1.54, 1.807) is 7.11 Å². The number of aryl methyl sites for hydroxylation is 1. The maximum atomic E-state index is 6.26. The van der Waals surface area contributed by atoms with Gasteiger partial charge in [-0.2, -0.15) is 4.98 Å². The van der Waals surface area contributed by atoms with E-state index < -0.39 is 0 Å². The average molecular weight is 506 g/mol. The number of pyridine rings is 1. The zero-order valence-corrected chi connectivity index (χ0v) is 21.4. The number of nitrogens with zero attached hydrogens (tertiary/aromatic N) is 3. The van der Waals surface area contributed by atoms with E-state index >= 15 is 0 Å². The third kappa shape index (κ3) is 5.46. The number of benzene rings is 2. The van der Waals surface area contributed by atoms with Crippen molar-refractivity contribution in [1.29, 1.82) is 0 Å². The third-order valence-electron chi connectivity index (χ3n) is 6.28. The first kappa shape index (κ1) is 23.7. The molecular weight excluding hydrogens is 478 g/mol. The minimum Gasteiger partial charge on any atom is -0.480 e. The molecule has 0 bridgehead atoms. The van der Waals surface area contributed by atoms with Crippen LogP contribution in [0.4, 0.5) is 11.8 Å². The maximum absolute atomic E-state index is 6.26. The van der Waals surface area contributed by atoms with Crippen molar-refractivity contribution in [1.82, 2.24) is 15.0 Å². The summed E-state index contributed by atoms with van der Waals surface area (Å²) < 4.78 is 8.89. The van der Waals surface area contributed by atoms with Crippen LogP contribution in [0.1, 0.15) is 37.7 Å². The molecule has 0 unspecified atom stereocenters. The van der Waals surface area contributed by atoms with E-state index in [0.717, 1.165) is 32.5 Å². The lowest BCUT2D eigenvalue weighted by Gasteiger charge is -2.22. The van der Waals surface area contributed by atoms with Gasteiger partial charge in [0, 0.05) is 28.1 Å². The van der Waals surface area contributed by atoms with Crippen molar-refractivity contribution in [2.75, 3.05) is 17.1 Å². The van der Waals surface area contributed by atoms with Crippen LogP contribution in [0.5, 0.6) is 5.88 Å². The number of aromatic nitrogens is 3. The Morgan fingerprint density at radius 2 is 1.86 bits per heavy atom. The molecule has 2 N–H and O–H groups in total. The second kappa shape index (κ2) is 10.7. The summed E-state index contributed by atoms with van der Waals surface area (Å²) in [5, 5.41) is 5.22. The number of halogens is 1. The highest BCUT2D eigenvalue weighted by Crippen LogP contribution is 2.34. The lowest BCUT2D eigenvalue weighted by atomic mass is 9.96. The van der Waals surface area contributed by atoms with Crippen LogP contribution in [0.15, 0.2) is 59.6 Å². The van der Waals surface area contributed by atoms with Gasteiger partial charge in [0.25, 0.3) is 0 Å².